The molecular weight excluding hydrogens is 428 g/mol. The predicted molar refractivity (Wildman–Crippen MR) is 131 cm³/mol. The van der Waals surface area contributed by atoms with Gasteiger partial charge in [-0.2, -0.15) is 0 Å². The van der Waals surface area contributed by atoms with Crippen molar-refractivity contribution in [1.82, 2.24) is 9.38 Å². The summed E-state index contributed by atoms with van der Waals surface area (Å²) in [7, 11) is 0. The number of hydrogen-bond donors (Lipinski definition) is 1. The number of carbonyl (C=O) groups excluding carboxylic acids is 1. The summed E-state index contributed by atoms with van der Waals surface area (Å²) in [5.41, 5.74) is 5.96. The molecule has 0 radical (unpaired) electrons. The fourth-order valence-electron chi connectivity index (χ4n) is 4.08. The molecule has 1 N–H and O–H groups in total. The number of pyridine rings is 1. The third kappa shape index (κ3) is 4.71. The monoisotopic (exact) mass is 456 g/mol. The molecule has 0 aliphatic heterocycles. The third-order valence-corrected chi connectivity index (χ3v) is 6.02. The first-order chi connectivity index (χ1) is 16.4. The number of imidazole rings is 1. The predicted octanol–water partition coefficient (Wildman–Crippen LogP) is 5.81. The van der Waals surface area contributed by atoms with Crippen molar-refractivity contribution < 1.29 is 19.4 Å². The summed E-state index contributed by atoms with van der Waals surface area (Å²) in [6, 6.07) is 18.4. The fourth-order valence-corrected chi connectivity index (χ4v) is 4.08. The number of carbonyl (C=O) groups is 2. The van der Waals surface area contributed by atoms with Crippen molar-refractivity contribution in [1.29, 1.82) is 0 Å². The molecule has 6 nitrogen and oxygen atoms in total. The molecule has 6 heteroatoms. The second kappa shape index (κ2) is 9.91. The summed E-state index contributed by atoms with van der Waals surface area (Å²) < 4.78 is 7.62. The van der Waals surface area contributed by atoms with Crippen LogP contribution in [0, 0.1) is 6.92 Å². The van der Waals surface area contributed by atoms with Crippen molar-refractivity contribution >= 4 is 17.6 Å². The molecule has 0 saturated heterocycles. The number of aromatic nitrogens is 2. The van der Waals surface area contributed by atoms with Crippen molar-refractivity contribution in [2.75, 3.05) is 0 Å². The molecule has 0 fully saturated rings. The molecule has 174 valence electrons. The Labute approximate surface area is 198 Å². The van der Waals surface area contributed by atoms with Crippen LogP contribution < -0.4 is 0 Å². The average molecular weight is 457 g/mol. The highest BCUT2D eigenvalue weighted by atomic mass is 16.5. The van der Waals surface area contributed by atoms with E-state index in [0.29, 0.717) is 11.1 Å². The van der Waals surface area contributed by atoms with E-state index >= 15 is 0 Å². The number of carboxylic acids is 1. The van der Waals surface area contributed by atoms with Crippen LogP contribution in [0.3, 0.4) is 0 Å². The Kier molecular flexibility index (Phi) is 6.77. The lowest BCUT2D eigenvalue weighted by atomic mass is 9.93. The van der Waals surface area contributed by atoms with Crippen molar-refractivity contribution in [3.05, 3.63) is 94.9 Å². The lowest BCUT2D eigenvalue weighted by molar-refractivity contribution is -0.146. The van der Waals surface area contributed by atoms with Gasteiger partial charge in [0.15, 0.2) is 0 Å². The maximum absolute atomic E-state index is 12.9. The van der Waals surface area contributed by atoms with Crippen LogP contribution in [0.5, 0.6) is 0 Å². The van der Waals surface area contributed by atoms with Crippen LogP contribution in [0.15, 0.2) is 66.9 Å². The molecule has 0 amide bonds. The van der Waals surface area contributed by atoms with Crippen LogP contribution in [0.25, 0.3) is 16.8 Å². The average Bonchev–Trinajstić information content (AvgIpc) is 3.28. The lowest BCUT2D eigenvalue weighted by Crippen LogP contribution is -2.15. The Morgan fingerprint density at radius 3 is 2.56 bits per heavy atom. The molecule has 2 heterocycles. The number of rotatable bonds is 8. The van der Waals surface area contributed by atoms with E-state index in [1.807, 2.05) is 60.0 Å². The Bertz CT molecular complexity index is 1340. The van der Waals surface area contributed by atoms with E-state index in [0.717, 1.165) is 41.0 Å². The molecule has 0 aliphatic carbocycles. The largest absolute Gasteiger partial charge is 0.478 e. The van der Waals surface area contributed by atoms with Crippen LogP contribution >= 0.6 is 0 Å². The minimum atomic E-state index is -1.04. The van der Waals surface area contributed by atoms with Gasteiger partial charge < -0.3 is 14.2 Å². The SMILES string of the molecule is CCCc1cn2c(COC(=O)C(C)c3ccc(-c4ccccc4)c(C(=O)O)c3)ccc(C)c2n1. The maximum Gasteiger partial charge on any atom is 0.336 e. The van der Waals surface area contributed by atoms with E-state index < -0.39 is 17.9 Å². The maximum atomic E-state index is 12.9. The van der Waals surface area contributed by atoms with Crippen molar-refractivity contribution in [3.63, 3.8) is 0 Å². The summed E-state index contributed by atoms with van der Waals surface area (Å²) in [5.74, 6) is -2.06. The van der Waals surface area contributed by atoms with Gasteiger partial charge in [0.2, 0.25) is 0 Å². The highest BCUT2D eigenvalue weighted by Gasteiger charge is 2.21. The van der Waals surface area contributed by atoms with Gasteiger partial charge in [0.05, 0.1) is 22.9 Å². The van der Waals surface area contributed by atoms with Crippen molar-refractivity contribution in [2.24, 2.45) is 0 Å². The first-order valence-corrected chi connectivity index (χ1v) is 11.4. The van der Waals surface area contributed by atoms with Crippen LogP contribution in [-0.4, -0.2) is 26.4 Å². The number of carboxylic acid groups (broad SMARTS) is 1. The summed E-state index contributed by atoms with van der Waals surface area (Å²) in [6.07, 6.45) is 3.90. The van der Waals surface area contributed by atoms with Gasteiger partial charge in [-0.15, -0.1) is 0 Å². The van der Waals surface area contributed by atoms with Crippen LogP contribution in [0.1, 0.15) is 59.1 Å². The Balaban J connectivity index is 1.54. The first kappa shape index (κ1) is 23.2. The van der Waals surface area contributed by atoms with Crippen LogP contribution in [0.2, 0.25) is 0 Å². The second-order valence-corrected chi connectivity index (χ2v) is 8.49. The number of hydrogen-bond acceptors (Lipinski definition) is 4. The molecule has 1 unspecified atom stereocenters. The number of benzene rings is 2. The van der Waals surface area contributed by atoms with E-state index in [1.54, 1.807) is 25.1 Å². The molecule has 0 spiro atoms. The van der Waals surface area contributed by atoms with E-state index in [-0.39, 0.29) is 12.2 Å². The Morgan fingerprint density at radius 2 is 1.85 bits per heavy atom. The smallest absolute Gasteiger partial charge is 0.336 e. The zero-order valence-corrected chi connectivity index (χ0v) is 19.6. The quantitative estimate of drug-likeness (QED) is 0.339. The first-order valence-electron chi connectivity index (χ1n) is 11.4. The normalized spacial score (nSPS) is 12.0. The summed E-state index contributed by atoms with van der Waals surface area (Å²) >= 11 is 0. The minimum absolute atomic E-state index is 0.107. The molecule has 0 bridgehead atoms. The third-order valence-electron chi connectivity index (χ3n) is 6.02. The molecule has 0 aliphatic rings. The van der Waals surface area contributed by atoms with Gasteiger partial charge in [0.1, 0.15) is 12.3 Å². The lowest BCUT2D eigenvalue weighted by Gasteiger charge is -2.15. The molecule has 4 rings (SSSR count). The summed E-state index contributed by atoms with van der Waals surface area (Å²) in [6.45, 7) is 5.96. The molecule has 1 atom stereocenters. The number of nitrogens with zero attached hydrogens (tertiary/aromatic N) is 2. The number of ether oxygens (including phenoxy) is 1. The highest BCUT2D eigenvalue weighted by molar-refractivity contribution is 5.96. The van der Waals surface area contributed by atoms with Crippen molar-refractivity contribution in [3.8, 4) is 11.1 Å². The van der Waals surface area contributed by atoms with Gasteiger partial charge in [-0.05, 0) is 54.7 Å². The van der Waals surface area contributed by atoms with Gasteiger partial charge in [-0.3, -0.25) is 4.79 Å². The fraction of sp³-hybridized carbons (Fsp3) is 0.250. The molecule has 0 saturated carbocycles. The van der Waals surface area contributed by atoms with E-state index in [9.17, 15) is 14.7 Å². The van der Waals surface area contributed by atoms with Gasteiger partial charge in [0, 0.05) is 6.20 Å². The highest BCUT2D eigenvalue weighted by Crippen LogP contribution is 2.28. The number of aryl methyl sites for hydroxylation is 2. The number of fused-ring (bicyclic) bond motifs is 1. The Morgan fingerprint density at radius 1 is 1.09 bits per heavy atom. The molecular formula is C28H28N2O4. The van der Waals surface area contributed by atoms with Gasteiger partial charge >= 0.3 is 11.9 Å². The van der Waals surface area contributed by atoms with E-state index in [4.69, 9.17) is 9.72 Å². The zero-order chi connectivity index (χ0) is 24.2. The van der Waals surface area contributed by atoms with E-state index in [2.05, 4.69) is 6.92 Å². The van der Waals surface area contributed by atoms with Gasteiger partial charge in [0.25, 0.3) is 0 Å². The number of esters is 1. The second-order valence-electron chi connectivity index (χ2n) is 8.49. The molecule has 34 heavy (non-hydrogen) atoms. The summed E-state index contributed by atoms with van der Waals surface area (Å²) in [5, 5.41) is 9.76. The van der Waals surface area contributed by atoms with Crippen LogP contribution in [0.4, 0.5) is 0 Å². The standard InChI is InChI=1S/C28H28N2O4/c1-4-8-22-16-30-23(13-11-18(2)26(30)29-22)17-34-28(33)19(3)21-12-14-24(25(15-21)27(31)32)20-9-6-5-7-10-20/h5-7,9-16,19H,4,8,17H2,1-3H3,(H,31,32). The van der Waals surface area contributed by atoms with Crippen LogP contribution in [-0.2, 0) is 22.6 Å². The van der Waals surface area contributed by atoms with E-state index in [1.165, 1.54) is 0 Å². The molecule has 4 aromatic rings. The Hall–Kier alpha value is -3.93. The van der Waals surface area contributed by atoms with Gasteiger partial charge in [-0.25, -0.2) is 9.78 Å². The van der Waals surface area contributed by atoms with Crippen molar-refractivity contribution in [2.45, 2.75) is 46.1 Å². The topological polar surface area (TPSA) is 80.9 Å². The number of aromatic carboxylic acids is 1. The zero-order valence-electron chi connectivity index (χ0n) is 19.6. The minimum Gasteiger partial charge on any atom is -0.478 e. The molecule has 2 aromatic carbocycles. The molecule has 2 aromatic heterocycles. The van der Waals surface area contributed by atoms with Gasteiger partial charge in [-0.1, -0.05) is 61.9 Å². The summed E-state index contributed by atoms with van der Waals surface area (Å²) in [4.78, 5) is 29.5.